The number of carbonyl (C=O) groups is 2. The molecule has 0 aliphatic carbocycles. The molecule has 0 spiro atoms. The van der Waals surface area contributed by atoms with Gasteiger partial charge in [-0.25, -0.2) is 4.57 Å². The summed E-state index contributed by atoms with van der Waals surface area (Å²) in [6.07, 6.45) is 30.9. The van der Waals surface area contributed by atoms with Crippen molar-refractivity contribution in [3.63, 3.8) is 0 Å². The maximum absolute atomic E-state index is 12.6. The van der Waals surface area contributed by atoms with Crippen molar-refractivity contribution in [1.82, 2.24) is 0 Å². The molecule has 3 atom stereocenters. The van der Waals surface area contributed by atoms with Crippen LogP contribution in [-0.2, 0) is 32.7 Å². The fourth-order valence-electron chi connectivity index (χ4n) is 5.82. The maximum Gasteiger partial charge on any atom is 0.472 e. The maximum atomic E-state index is 12.6. The van der Waals surface area contributed by atoms with Gasteiger partial charge in [-0.1, -0.05) is 174 Å². The molecule has 0 fully saturated rings. The normalized spacial score (nSPS) is 13.9. The summed E-state index contributed by atoms with van der Waals surface area (Å²) in [5.41, 5.74) is 0. The van der Waals surface area contributed by atoms with E-state index in [4.69, 9.17) is 19.1 Å². The van der Waals surface area contributed by atoms with Crippen LogP contribution in [0.25, 0.3) is 0 Å². The van der Waals surface area contributed by atoms with Crippen LogP contribution >= 0.6 is 7.82 Å². The molecule has 0 aromatic heterocycles. The fraction of sp³-hybridized carbons (Fsp3) is 0.949. The van der Waals surface area contributed by atoms with Gasteiger partial charge in [-0.3, -0.25) is 18.6 Å². The number of carbonyl (C=O) groups excluding carboxylic acids is 2. The van der Waals surface area contributed by atoms with E-state index in [0.29, 0.717) is 12.8 Å². The quantitative estimate of drug-likeness (QED) is 0.0316. The van der Waals surface area contributed by atoms with Crippen LogP contribution in [0.4, 0.5) is 0 Å². The summed E-state index contributed by atoms with van der Waals surface area (Å²) < 4.78 is 32.6. The van der Waals surface area contributed by atoms with Gasteiger partial charge in [-0.2, -0.15) is 0 Å². The average molecular weight is 737 g/mol. The van der Waals surface area contributed by atoms with Crippen molar-refractivity contribution in [2.24, 2.45) is 0 Å². The Bertz CT molecular complexity index is 812. The van der Waals surface area contributed by atoms with E-state index < -0.39 is 51.8 Å². The van der Waals surface area contributed by atoms with Crippen LogP contribution in [0.5, 0.6) is 0 Å². The standard InChI is InChI=1S/C39H77O10P/c1-3-5-7-9-11-13-14-15-16-17-18-19-20-21-22-23-25-27-29-31-39(43)49-37(35-48-50(44,45)47-33-36(41)32-40)34-46-38(42)30-28-26-24-12-10-8-6-4-2/h36-37,40-41H,3-35H2,1-2H3,(H,44,45). The molecule has 0 aromatic rings. The molecule has 0 aliphatic rings. The Kier molecular flexibility index (Phi) is 35.6. The average Bonchev–Trinajstić information content (AvgIpc) is 3.10. The van der Waals surface area contributed by atoms with Crippen LogP contribution in [-0.4, -0.2) is 65.7 Å². The van der Waals surface area contributed by atoms with Crippen molar-refractivity contribution >= 4 is 19.8 Å². The van der Waals surface area contributed by atoms with Gasteiger partial charge >= 0.3 is 19.8 Å². The Morgan fingerprint density at radius 3 is 1.24 bits per heavy atom. The topological polar surface area (TPSA) is 149 Å². The number of esters is 2. The molecule has 0 bridgehead atoms. The van der Waals surface area contributed by atoms with Crippen molar-refractivity contribution in [2.45, 2.75) is 212 Å². The molecule has 0 saturated carbocycles. The third-order valence-electron chi connectivity index (χ3n) is 9.01. The van der Waals surface area contributed by atoms with Crippen molar-refractivity contribution < 1.29 is 47.8 Å². The fourth-order valence-corrected chi connectivity index (χ4v) is 6.61. The van der Waals surface area contributed by atoms with E-state index in [1.165, 1.54) is 122 Å². The predicted molar refractivity (Wildman–Crippen MR) is 201 cm³/mol. The third kappa shape index (κ3) is 35.4. The van der Waals surface area contributed by atoms with Crippen LogP contribution in [0, 0.1) is 0 Å². The molecule has 50 heavy (non-hydrogen) atoms. The number of aliphatic hydroxyl groups excluding tert-OH is 2. The Morgan fingerprint density at radius 1 is 0.520 bits per heavy atom. The molecule has 0 amide bonds. The second-order valence-electron chi connectivity index (χ2n) is 14.0. The summed E-state index contributed by atoms with van der Waals surface area (Å²) >= 11 is 0. The first-order valence-electron chi connectivity index (χ1n) is 20.5. The number of phosphoric ester groups is 1. The van der Waals surface area contributed by atoms with Crippen molar-refractivity contribution in [1.29, 1.82) is 0 Å². The lowest BCUT2D eigenvalue weighted by atomic mass is 10.0. The zero-order valence-electron chi connectivity index (χ0n) is 32.1. The molecule has 0 aromatic carbocycles. The first kappa shape index (κ1) is 49.0. The van der Waals surface area contributed by atoms with E-state index >= 15 is 0 Å². The van der Waals surface area contributed by atoms with E-state index in [9.17, 15) is 24.2 Å². The van der Waals surface area contributed by atoms with Gasteiger partial charge in [-0.05, 0) is 12.8 Å². The van der Waals surface area contributed by atoms with Gasteiger partial charge in [-0.15, -0.1) is 0 Å². The second kappa shape index (κ2) is 36.3. The van der Waals surface area contributed by atoms with Gasteiger partial charge in [0, 0.05) is 12.8 Å². The number of hydrogen-bond acceptors (Lipinski definition) is 9. The first-order chi connectivity index (χ1) is 24.2. The summed E-state index contributed by atoms with van der Waals surface area (Å²) in [6, 6.07) is 0. The van der Waals surface area contributed by atoms with Gasteiger partial charge in [0.1, 0.15) is 12.7 Å². The largest absolute Gasteiger partial charge is 0.472 e. The van der Waals surface area contributed by atoms with E-state index in [1.807, 2.05) is 0 Å². The van der Waals surface area contributed by atoms with Gasteiger partial charge in [0.05, 0.1) is 19.8 Å². The molecule has 0 rings (SSSR count). The number of rotatable bonds is 39. The Morgan fingerprint density at radius 2 is 0.860 bits per heavy atom. The smallest absolute Gasteiger partial charge is 0.462 e. The second-order valence-corrected chi connectivity index (χ2v) is 15.5. The van der Waals surface area contributed by atoms with Crippen LogP contribution in [0.1, 0.15) is 200 Å². The van der Waals surface area contributed by atoms with Crippen LogP contribution in [0.3, 0.4) is 0 Å². The minimum atomic E-state index is -4.60. The highest BCUT2D eigenvalue weighted by Crippen LogP contribution is 2.43. The molecule has 11 heteroatoms. The predicted octanol–water partition coefficient (Wildman–Crippen LogP) is 10.3. The summed E-state index contributed by atoms with van der Waals surface area (Å²) in [6.45, 7) is 2.37. The molecule has 10 nitrogen and oxygen atoms in total. The molecule has 3 N–H and O–H groups in total. The number of phosphoric acid groups is 1. The molecule has 0 saturated heterocycles. The minimum Gasteiger partial charge on any atom is -0.462 e. The van der Waals surface area contributed by atoms with Crippen molar-refractivity contribution in [3.8, 4) is 0 Å². The number of hydrogen-bond donors (Lipinski definition) is 3. The first-order valence-corrected chi connectivity index (χ1v) is 22.0. The summed E-state index contributed by atoms with van der Waals surface area (Å²) in [5, 5.41) is 18.3. The lowest BCUT2D eigenvalue weighted by Gasteiger charge is -2.20. The SMILES string of the molecule is CCCCCCCCCCCCCCCCCCCCCC(=O)OC(COC(=O)CCCCCCCCCC)COP(=O)(O)OCC(O)CO. The molecule has 3 unspecified atom stereocenters. The van der Waals surface area contributed by atoms with Gasteiger partial charge < -0.3 is 24.6 Å². The van der Waals surface area contributed by atoms with E-state index in [0.717, 1.165) is 38.5 Å². The van der Waals surface area contributed by atoms with Crippen LogP contribution < -0.4 is 0 Å². The lowest BCUT2D eigenvalue weighted by Crippen LogP contribution is -2.29. The summed E-state index contributed by atoms with van der Waals surface area (Å²) in [5.74, 6) is -0.917. The van der Waals surface area contributed by atoms with E-state index in [-0.39, 0.29) is 19.4 Å². The lowest BCUT2D eigenvalue weighted by molar-refractivity contribution is -0.161. The molecule has 0 aliphatic heterocycles. The van der Waals surface area contributed by atoms with E-state index in [1.54, 1.807) is 0 Å². The minimum absolute atomic E-state index is 0.192. The molecular weight excluding hydrogens is 659 g/mol. The van der Waals surface area contributed by atoms with E-state index in [2.05, 4.69) is 18.4 Å². The molecular formula is C39H77O10P. The number of aliphatic hydroxyl groups is 2. The number of ether oxygens (including phenoxy) is 2. The van der Waals surface area contributed by atoms with Crippen LogP contribution in [0.2, 0.25) is 0 Å². The summed E-state index contributed by atoms with van der Waals surface area (Å²) in [4.78, 5) is 34.8. The highest BCUT2D eigenvalue weighted by Gasteiger charge is 2.27. The molecule has 298 valence electrons. The highest BCUT2D eigenvalue weighted by atomic mass is 31.2. The van der Waals surface area contributed by atoms with Gasteiger partial charge in [0.2, 0.25) is 0 Å². The zero-order chi connectivity index (χ0) is 37.0. The highest BCUT2D eigenvalue weighted by molar-refractivity contribution is 7.47. The Hall–Kier alpha value is -1.03. The Labute approximate surface area is 305 Å². The van der Waals surface area contributed by atoms with Gasteiger partial charge in [0.25, 0.3) is 0 Å². The van der Waals surface area contributed by atoms with Crippen molar-refractivity contribution in [3.05, 3.63) is 0 Å². The third-order valence-corrected chi connectivity index (χ3v) is 9.96. The van der Waals surface area contributed by atoms with Crippen molar-refractivity contribution in [2.75, 3.05) is 26.4 Å². The Balaban J connectivity index is 4.18. The zero-order valence-corrected chi connectivity index (χ0v) is 33.0. The molecule has 0 radical (unpaired) electrons. The van der Waals surface area contributed by atoms with Crippen LogP contribution in [0.15, 0.2) is 0 Å². The monoisotopic (exact) mass is 737 g/mol. The van der Waals surface area contributed by atoms with Gasteiger partial charge in [0.15, 0.2) is 6.10 Å². The molecule has 0 heterocycles. The summed E-state index contributed by atoms with van der Waals surface area (Å²) in [7, 11) is -4.60. The number of unbranched alkanes of at least 4 members (excludes halogenated alkanes) is 25.